The number of carbonyl (C=O) groups excluding carboxylic acids is 1. The van der Waals surface area contributed by atoms with Gasteiger partial charge in [0.05, 0.1) is 16.8 Å². The Hall–Kier alpha value is -1.85. The molecule has 6 heteroatoms. The summed E-state index contributed by atoms with van der Waals surface area (Å²) in [6.45, 7) is 2.47. The highest BCUT2D eigenvalue weighted by Gasteiger charge is 2.21. The standard InChI is InChI=1S/C18H22ClN3O2/c1-12-9-16(21-22(12)17-8-3-2-7-15(17)19)18(24)20-11-13-5-4-6-14(23)10-13/h2-3,7-9,13-14,23H,4-6,10-11H2,1H3,(H,20,24). The average molecular weight is 348 g/mol. The molecular weight excluding hydrogens is 326 g/mol. The van der Waals surface area contributed by atoms with Crippen molar-refractivity contribution in [3.05, 3.63) is 46.7 Å². The van der Waals surface area contributed by atoms with E-state index in [0.717, 1.165) is 37.1 Å². The number of amides is 1. The van der Waals surface area contributed by atoms with Crippen molar-refractivity contribution in [3.8, 4) is 5.69 Å². The molecule has 0 aliphatic heterocycles. The number of rotatable bonds is 4. The fourth-order valence-corrected chi connectivity index (χ4v) is 3.44. The number of aliphatic hydroxyl groups excluding tert-OH is 1. The fraction of sp³-hybridized carbons (Fsp3) is 0.444. The molecule has 1 amide bonds. The molecule has 2 aromatic rings. The zero-order valence-electron chi connectivity index (χ0n) is 13.7. The number of nitrogens with zero attached hydrogens (tertiary/aromatic N) is 2. The maximum absolute atomic E-state index is 12.4. The highest BCUT2D eigenvalue weighted by Crippen LogP contribution is 2.24. The second kappa shape index (κ2) is 7.36. The molecule has 1 aliphatic rings. The molecule has 128 valence electrons. The summed E-state index contributed by atoms with van der Waals surface area (Å²) >= 11 is 6.21. The van der Waals surface area contributed by atoms with Gasteiger partial charge >= 0.3 is 0 Å². The van der Waals surface area contributed by atoms with Crippen LogP contribution in [0.2, 0.25) is 5.02 Å². The highest BCUT2D eigenvalue weighted by atomic mass is 35.5. The maximum Gasteiger partial charge on any atom is 0.271 e. The average Bonchev–Trinajstić information content (AvgIpc) is 2.95. The fourth-order valence-electron chi connectivity index (χ4n) is 3.23. The van der Waals surface area contributed by atoms with Gasteiger partial charge < -0.3 is 10.4 Å². The van der Waals surface area contributed by atoms with Gasteiger partial charge in [-0.05, 0) is 50.3 Å². The summed E-state index contributed by atoms with van der Waals surface area (Å²) in [5.41, 5.74) is 1.98. The van der Waals surface area contributed by atoms with Crippen molar-refractivity contribution in [2.75, 3.05) is 6.54 Å². The van der Waals surface area contributed by atoms with E-state index in [9.17, 15) is 9.90 Å². The second-order valence-corrected chi connectivity index (χ2v) is 6.84. The molecule has 1 aromatic carbocycles. The van der Waals surface area contributed by atoms with E-state index in [1.807, 2.05) is 25.1 Å². The van der Waals surface area contributed by atoms with Crippen LogP contribution in [0.25, 0.3) is 5.69 Å². The van der Waals surface area contributed by atoms with Crippen LogP contribution in [0.15, 0.2) is 30.3 Å². The molecule has 1 aliphatic carbocycles. The van der Waals surface area contributed by atoms with Gasteiger partial charge in [-0.2, -0.15) is 5.10 Å². The Morgan fingerprint density at radius 2 is 2.21 bits per heavy atom. The SMILES string of the molecule is Cc1cc(C(=O)NCC2CCCC(O)C2)nn1-c1ccccc1Cl. The molecule has 1 aromatic heterocycles. The van der Waals surface area contributed by atoms with Crippen LogP contribution < -0.4 is 5.32 Å². The molecule has 1 heterocycles. The summed E-state index contributed by atoms with van der Waals surface area (Å²) < 4.78 is 1.68. The van der Waals surface area contributed by atoms with Crippen LogP contribution in [0.1, 0.15) is 41.9 Å². The van der Waals surface area contributed by atoms with Crippen molar-refractivity contribution in [2.45, 2.75) is 38.7 Å². The van der Waals surface area contributed by atoms with E-state index >= 15 is 0 Å². The van der Waals surface area contributed by atoms with Crippen molar-refractivity contribution >= 4 is 17.5 Å². The smallest absolute Gasteiger partial charge is 0.271 e. The Morgan fingerprint density at radius 1 is 1.42 bits per heavy atom. The minimum Gasteiger partial charge on any atom is -0.393 e. The number of benzene rings is 1. The van der Waals surface area contributed by atoms with E-state index in [1.165, 1.54) is 0 Å². The minimum absolute atomic E-state index is 0.191. The minimum atomic E-state index is -0.234. The summed E-state index contributed by atoms with van der Waals surface area (Å²) in [6, 6.07) is 9.17. The lowest BCUT2D eigenvalue weighted by molar-refractivity contribution is 0.0870. The van der Waals surface area contributed by atoms with Crippen LogP contribution >= 0.6 is 11.6 Å². The topological polar surface area (TPSA) is 67.2 Å². The first kappa shape index (κ1) is 17.0. The van der Waals surface area contributed by atoms with Crippen molar-refractivity contribution in [3.63, 3.8) is 0 Å². The third-order valence-corrected chi connectivity index (χ3v) is 4.83. The summed E-state index contributed by atoms with van der Waals surface area (Å²) in [4.78, 5) is 12.4. The zero-order chi connectivity index (χ0) is 17.1. The van der Waals surface area contributed by atoms with E-state index in [1.54, 1.807) is 16.8 Å². The molecule has 5 nitrogen and oxygen atoms in total. The van der Waals surface area contributed by atoms with Gasteiger partial charge in [-0.25, -0.2) is 4.68 Å². The van der Waals surface area contributed by atoms with E-state index in [2.05, 4.69) is 10.4 Å². The van der Waals surface area contributed by atoms with Crippen LogP contribution in [-0.4, -0.2) is 33.4 Å². The van der Waals surface area contributed by atoms with Gasteiger partial charge in [0.25, 0.3) is 5.91 Å². The van der Waals surface area contributed by atoms with Crippen molar-refractivity contribution < 1.29 is 9.90 Å². The molecule has 1 fully saturated rings. The lowest BCUT2D eigenvalue weighted by atomic mass is 9.87. The summed E-state index contributed by atoms with van der Waals surface area (Å²) in [7, 11) is 0. The van der Waals surface area contributed by atoms with E-state index in [-0.39, 0.29) is 12.0 Å². The number of nitrogens with one attached hydrogen (secondary N) is 1. The number of aromatic nitrogens is 2. The van der Waals surface area contributed by atoms with Gasteiger partial charge in [0.15, 0.2) is 5.69 Å². The Kier molecular flexibility index (Phi) is 5.21. The maximum atomic E-state index is 12.4. The molecule has 1 saturated carbocycles. The van der Waals surface area contributed by atoms with Crippen molar-refractivity contribution in [1.29, 1.82) is 0 Å². The first-order chi connectivity index (χ1) is 11.5. The van der Waals surface area contributed by atoms with Gasteiger partial charge in [0, 0.05) is 12.2 Å². The van der Waals surface area contributed by atoms with Gasteiger partial charge in [0.1, 0.15) is 0 Å². The summed E-state index contributed by atoms with van der Waals surface area (Å²) in [6.07, 6.45) is 3.45. The zero-order valence-corrected chi connectivity index (χ0v) is 14.5. The number of para-hydroxylation sites is 1. The quantitative estimate of drug-likeness (QED) is 0.893. The third kappa shape index (κ3) is 3.79. The van der Waals surface area contributed by atoms with E-state index < -0.39 is 0 Å². The van der Waals surface area contributed by atoms with Crippen LogP contribution in [0.4, 0.5) is 0 Å². The molecular formula is C18H22ClN3O2. The Bertz CT molecular complexity index is 729. The number of carbonyl (C=O) groups is 1. The van der Waals surface area contributed by atoms with Crippen molar-refractivity contribution in [2.24, 2.45) is 5.92 Å². The monoisotopic (exact) mass is 347 g/mol. The molecule has 3 rings (SSSR count). The van der Waals surface area contributed by atoms with Gasteiger partial charge in [-0.15, -0.1) is 0 Å². The molecule has 2 atom stereocenters. The second-order valence-electron chi connectivity index (χ2n) is 6.43. The largest absolute Gasteiger partial charge is 0.393 e. The lowest BCUT2D eigenvalue weighted by Gasteiger charge is -2.25. The first-order valence-electron chi connectivity index (χ1n) is 8.32. The van der Waals surface area contributed by atoms with E-state index in [0.29, 0.717) is 23.2 Å². The lowest BCUT2D eigenvalue weighted by Crippen LogP contribution is -2.33. The van der Waals surface area contributed by atoms with Crippen molar-refractivity contribution in [1.82, 2.24) is 15.1 Å². The van der Waals surface area contributed by atoms with E-state index in [4.69, 9.17) is 11.6 Å². The molecule has 0 radical (unpaired) electrons. The van der Waals surface area contributed by atoms with Gasteiger partial charge in [0.2, 0.25) is 0 Å². The molecule has 2 unspecified atom stereocenters. The molecule has 2 N–H and O–H groups in total. The summed E-state index contributed by atoms with van der Waals surface area (Å²) in [5.74, 6) is 0.147. The number of halogens is 1. The Balaban J connectivity index is 1.68. The van der Waals surface area contributed by atoms with Crippen LogP contribution in [0, 0.1) is 12.8 Å². The molecule has 24 heavy (non-hydrogen) atoms. The molecule has 0 bridgehead atoms. The molecule has 0 saturated heterocycles. The Labute approximate surface area is 146 Å². The van der Waals surface area contributed by atoms with Gasteiger partial charge in [-0.3, -0.25) is 4.79 Å². The van der Waals surface area contributed by atoms with Gasteiger partial charge in [-0.1, -0.05) is 30.2 Å². The summed E-state index contributed by atoms with van der Waals surface area (Å²) in [5, 5.41) is 17.6. The highest BCUT2D eigenvalue weighted by molar-refractivity contribution is 6.32. The number of hydrogen-bond acceptors (Lipinski definition) is 3. The van der Waals surface area contributed by atoms with Crippen LogP contribution in [0.5, 0.6) is 0 Å². The predicted molar refractivity (Wildman–Crippen MR) is 93.6 cm³/mol. The molecule has 0 spiro atoms. The van der Waals surface area contributed by atoms with Crippen LogP contribution in [0.3, 0.4) is 0 Å². The predicted octanol–water partition coefficient (Wildman–Crippen LogP) is 3.12. The number of aliphatic hydroxyl groups is 1. The number of hydrogen-bond donors (Lipinski definition) is 2. The number of aryl methyl sites for hydroxylation is 1. The normalized spacial score (nSPS) is 20.8. The first-order valence-corrected chi connectivity index (χ1v) is 8.70. The Morgan fingerprint density at radius 3 is 2.96 bits per heavy atom. The van der Waals surface area contributed by atoms with Crippen LogP contribution in [-0.2, 0) is 0 Å². The third-order valence-electron chi connectivity index (χ3n) is 4.51.